The largest absolute Gasteiger partial charge is 0.416 e. The Labute approximate surface area is 142 Å². The Morgan fingerprint density at radius 3 is 2.40 bits per heavy atom. The number of hydrogen-bond donors (Lipinski definition) is 1. The highest BCUT2D eigenvalue weighted by Gasteiger charge is 2.36. The topological polar surface area (TPSA) is 46.3 Å². The number of benzene rings is 2. The van der Waals surface area contributed by atoms with Gasteiger partial charge in [0.25, 0.3) is 5.91 Å². The van der Waals surface area contributed by atoms with Crippen LogP contribution in [-0.4, -0.2) is 29.9 Å². The number of likely N-dealkylation sites (tertiary alicyclic amines) is 1. The number of carbonyl (C=O) groups is 1. The van der Waals surface area contributed by atoms with Crippen molar-refractivity contribution in [2.75, 3.05) is 13.1 Å². The van der Waals surface area contributed by atoms with Crippen LogP contribution in [0.15, 0.2) is 48.5 Å². The van der Waals surface area contributed by atoms with Crippen LogP contribution >= 0.6 is 0 Å². The minimum Gasteiger partial charge on any atom is -0.336 e. The number of amides is 1. The first-order valence-electron chi connectivity index (χ1n) is 7.74. The summed E-state index contributed by atoms with van der Waals surface area (Å²) >= 11 is 0. The summed E-state index contributed by atoms with van der Waals surface area (Å²) in [6.45, 7) is 0.397. The van der Waals surface area contributed by atoms with E-state index in [9.17, 15) is 22.4 Å². The summed E-state index contributed by atoms with van der Waals surface area (Å²) in [5, 5.41) is 0. The van der Waals surface area contributed by atoms with Gasteiger partial charge >= 0.3 is 6.18 Å². The van der Waals surface area contributed by atoms with E-state index in [-0.39, 0.29) is 25.0 Å². The third-order valence-electron chi connectivity index (χ3n) is 4.40. The van der Waals surface area contributed by atoms with Gasteiger partial charge < -0.3 is 10.6 Å². The molecule has 1 amide bonds. The summed E-state index contributed by atoms with van der Waals surface area (Å²) in [6.07, 6.45) is -4.64. The zero-order chi connectivity index (χ0) is 18.2. The average Bonchev–Trinajstić information content (AvgIpc) is 2.96. The van der Waals surface area contributed by atoms with Gasteiger partial charge in [-0.25, -0.2) is 4.39 Å². The van der Waals surface area contributed by atoms with Crippen LogP contribution in [0.1, 0.15) is 27.4 Å². The van der Waals surface area contributed by atoms with Crippen molar-refractivity contribution in [1.82, 2.24) is 4.90 Å². The van der Waals surface area contributed by atoms with Gasteiger partial charge in [-0.05, 0) is 23.8 Å². The number of halogens is 4. The molecule has 7 heteroatoms. The van der Waals surface area contributed by atoms with Gasteiger partial charge in [-0.3, -0.25) is 4.79 Å². The van der Waals surface area contributed by atoms with E-state index in [0.29, 0.717) is 18.2 Å². The van der Waals surface area contributed by atoms with Crippen molar-refractivity contribution in [3.63, 3.8) is 0 Å². The lowest BCUT2D eigenvalue weighted by molar-refractivity contribution is -0.137. The molecule has 0 unspecified atom stereocenters. The highest BCUT2D eigenvalue weighted by Crippen LogP contribution is 2.32. The molecule has 2 aromatic rings. The molecule has 2 N–H and O–H groups in total. The van der Waals surface area contributed by atoms with Crippen LogP contribution in [0.25, 0.3) is 0 Å². The maximum absolute atomic E-state index is 13.9. The summed E-state index contributed by atoms with van der Waals surface area (Å²) < 4.78 is 52.4. The van der Waals surface area contributed by atoms with Crippen molar-refractivity contribution in [2.45, 2.75) is 18.1 Å². The molecule has 1 fully saturated rings. The summed E-state index contributed by atoms with van der Waals surface area (Å²) in [5.74, 6) is -1.90. The van der Waals surface area contributed by atoms with Gasteiger partial charge in [-0.15, -0.1) is 0 Å². The molecule has 0 saturated carbocycles. The molecule has 3 rings (SSSR count). The van der Waals surface area contributed by atoms with Gasteiger partial charge in [-0.2, -0.15) is 13.2 Å². The summed E-state index contributed by atoms with van der Waals surface area (Å²) in [7, 11) is 0. The van der Waals surface area contributed by atoms with Crippen LogP contribution in [-0.2, 0) is 6.18 Å². The quantitative estimate of drug-likeness (QED) is 0.842. The molecule has 25 heavy (non-hydrogen) atoms. The Morgan fingerprint density at radius 1 is 1.08 bits per heavy atom. The SMILES string of the molecule is N[C@@H]1CN(C(=O)c2cc(C(F)(F)F)ccc2F)C[C@H]1c1ccccc1. The lowest BCUT2D eigenvalue weighted by atomic mass is 9.95. The monoisotopic (exact) mass is 352 g/mol. The van der Waals surface area contributed by atoms with Crippen molar-refractivity contribution in [1.29, 1.82) is 0 Å². The van der Waals surface area contributed by atoms with Crippen LogP contribution in [0, 0.1) is 5.82 Å². The summed E-state index contributed by atoms with van der Waals surface area (Å²) in [5.41, 5.74) is 5.38. The van der Waals surface area contributed by atoms with E-state index < -0.39 is 29.0 Å². The molecule has 1 heterocycles. The van der Waals surface area contributed by atoms with Crippen molar-refractivity contribution in [2.24, 2.45) is 5.73 Å². The number of nitrogens with two attached hydrogens (primary N) is 1. The molecule has 1 aliphatic heterocycles. The zero-order valence-corrected chi connectivity index (χ0v) is 13.1. The van der Waals surface area contributed by atoms with E-state index in [0.717, 1.165) is 5.56 Å². The van der Waals surface area contributed by atoms with Gasteiger partial charge in [0.1, 0.15) is 5.82 Å². The summed E-state index contributed by atoms with van der Waals surface area (Å²) in [6, 6.07) is 10.8. The minimum atomic E-state index is -4.64. The van der Waals surface area contributed by atoms with Gasteiger partial charge in [-0.1, -0.05) is 30.3 Å². The molecule has 1 saturated heterocycles. The van der Waals surface area contributed by atoms with E-state index in [2.05, 4.69) is 0 Å². The van der Waals surface area contributed by atoms with E-state index in [4.69, 9.17) is 5.73 Å². The molecule has 0 radical (unpaired) electrons. The minimum absolute atomic E-state index is 0.140. The first-order valence-corrected chi connectivity index (χ1v) is 7.74. The lowest BCUT2D eigenvalue weighted by Crippen LogP contribution is -2.32. The molecular formula is C18H16F4N2O. The predicted octanol–water partition coefficient (Wildman–Crippen LogP) is 3.41. The van der Waals surface area contributed by atoms with E-state index in [1.165, 1.54) is 4.90 Å². The fourth-order valence-corrected chi connectivity index (χ4v) is 3.08. The first kappa shape index (κ1) is 17.4. The van der Waals surface area contributed by atoms with Gasteiger partial charge in [0.05, 0.1) is 11.1 Å². The van der Waals surface area contributed by atoms with Crippen molar-refractivity contribution in [3.8, 4) is 0 Å². The van der Waals surface area contributed by atoms with E-state index >= 15 is 0 Å². The zero-order valence-electron chi connectivity index (χ0n) is 13.1. The second kappa shape index (κ2) is 6.48. The van der Waals surface area contributed by atoms with Crippen molar-refractivity contribution >= 4 is 5.91 Å². The molecule has 0 aromatic heterocycles. The number of nitrogens with zero attached hydrogens (tertiary/aromatic N) is 1. The smallest absolute Gasteiger partial charge is 0.336 e. The molecule has 0 spiro atoms. The van der Waals surface area contributed by atoms with Crippen molar-refractivity contribution < 1.29 is 22.4 Å². The van der Waals surface area contributed by atoms with Crippen LogP contribution in [0.2, 0.25) is 0 Å². The molecule has 0 aliphatic carbocycles. The summed E-state index contributed by atoms with van der Waals surface area (Å²) in [4.78, 5) is 13.8. The van der Waals surface area contributed by atoms with Crippen LogP contribution < -0.4 is 5.73 Å². The average molecular weight is 352 g/mol. The molecule has 0 bridgehead atoms. The third kappa shape index (κ3) is 3.51. The molecule has 2 atom stereocenters. The molecule has 3 nitrogen and oxygen atoms in total. The van der Waals surface area contributed by atoms with Gasteiger partial charge in [0.15, 0.2) is 0 Å². The second-order valence-electron chi connectivity index (χ2n) is 6.08. The van der Waals surface area contributed by atoms with Gasteiger partial charge in [0, 0.05) is 25.0 Å². The third-order valence-corrected chi connectivity index (χ3v) is 4.40. The highest BCUT2D eigenvalue weighted by molar-refractivity contribution is 5.95. The van der Waals surface area contributed by atoms with E-state index in [1.807, 2.05) is 30.3 Å². The molecule has 132 valence electrons. The number of carbonyl (C=O) groups excluding carboxylic acids is 1. The number of hydrogen-bond acceptors (Lipinski definition) is 2. The molecule has 1 aliphatic rings. The van der Waals surface area contributed by atoms with Crippen LogP contribution in [0.4, 0.5) is 17.6 Å². The van der Waals surface area contributed by atoms with Crippen LogP contribution in [0.5, 0.6) is 0 Å². The Balaban J connectivity index is 1.85. The van der Waals surface area contributed by atoms with Gasteiger partial charge in [0.2, 0.25) is 0 Å². The Morgan fingerprint density at radius 2 is 1.76 bits per heavy atom. The highest BCUT2D eigenvalue weighted by atomic mass is 19.4. The van der Waals surface area contributed by atoms with Crippen LogP contribution in [0.3, 0.4) is 0 Å². The molecular weight excluding hydrogens is 336 g/mol. The lowest BCUT2D eigenvalue weighted by Gasteiger charge is -2.18. The fraction of sp³-hybridized carbons (Fsp3) is 0.278. The normalized spacial score (nSPS) is 20.8. The standard InChI is InChI=1S/C18H16F4N2O/c19-15-7-6-12(18(20,21)22)8-13(15)17(25)24-9-14(16(23)10-24)11-4-2-1-3-5-11/h1-8,14,16H,9-10,23H2/t14-,16+/m0/s1. The maximum Gasteiger partial charge on any atom is 0.416 e. The fourth-order valence-electron chi connectivity index (χ4n) is 3.08. The Bertz CT molecular complexity index is 776. The van der Waals surface area contributed by atoms with E-state index in [1.54, 1.807) is 0 Å². The Hall–Kier alpha value is -2.41. The predicted molar refractivity (Wildman–Crippen MR) is 84.5 cm³/mol. The number of alkyl halides is 3. The number of rotatable bonds is 2. The van der Waals surface area contributed by atoms with Crippen molar-refractivity contribution in [3.05, 3.63) is 71.0 Å². The Kier molecular flexibility index (Phi) is 4.51. The molecule has 2 aromatic carbocycles. The first-order chi connectivity index (χ1) is 11.8. The second-order valence-corrected chi connectivity index (χ2v) is 6.08. The maximum atomic E-state index is 13.9.